The summed E-state index contributed by atoms with van der Waals surface area (Å²) >= 11 is 0. The third kappa shape index (κ3) is 4.40. The van der Waals surface area contributed by atoms with Crippen molar-refractivity contribution >= 4 is 11.8 Å². The van der Waals surface area contributed by atoms with Crippen LogP contribution in [0.1, 0.15) is 57.9 Å². The first-order valence-corrected chi connectivity index (χ1v) is 9.18. The van der Waals surface area contributed by atoms with Gasteiger partial charge in [0.2, 0.25) is 5.91 Å². The van der Waals surface area contributed by atoms with E-state index >= 15 is 0 Å². The summed E-state index contributed by atoms with van der Waals surface area (Å²) in [5, 5.41) is 2.32. The van der Waals surface area contributed by atoms with Gasteiger partial charge >= 0.3 is 0 Å². The summed E-state index contributed by atoms with van der Waals surface area (Å²) in [6.45, 7) is 9.07. The molecule has 25 heavy (non-hydrogen) atoms. The van der Waals surface area contributed by atoms with Gasteiger partial charge in [-0.2, -0.15) is 0 Å². The largest absolute Gasteiger partial charge is 0.481 e. The number of benzene rings is 1. The number of ether oxygens (including phenoxy) is 1. The van der Waals surface area contributed by atoms with Crippen LogP contribution < -0.4 is 10.1 Å². The number of rotatable bonds is 3. The Balaban J connectivity index is 1.56. The molecule has 0 radical (unpaired) electrons. The van der Waals surface area contributed by atoms with Gasteiger partial charge in [0.1, 0.15) is 5.75 Å². The van der Waals surface area contributed by atoms with Crippen LogP contribution >= 0.6 is 0 Å². The van der Waals surface area contributed by atoms with Crippen molar-refractivity contribution in [1.82, 2.24) is 10.2 Å². The Bertz CT molecular complexity index is 625. The molecule has 0 spiro atoms. The summed E-state index contributed by atoms with van der Waals surface area (Å²) in [5.74, 6) is 0.713. The fourth-order valence-electron chi connectivity index (χ4n) is 3.65. The molecule has 2 amide bonds. The first-order valence-electron chi connectivity index (χ1n) is 9.18. The first kappa shape index (κ1) is 17.9. The minimum Gasteiger partial charge on any atom is -0.481 e. The maximum Gasteiger partial charge on any atom is 0.267 e. The topological polar surface area (TPSA) is 58.6 Å². The molecule has 1 aromatic rings. The molecule has 136 valence electrons. The quantitative estimate of drug-likeness (QED) is 0.857. The lowest BCUT2D eigenvalue weighted by Gasteiger charge is -2.41. The van der Waals surface area contributed by atoms with Crippen LogP contribution in [0.4, 0.5) is 0 Å². The average Bonchev–Trinajstić information content (AvgIpc) is 2.57. The molecule has 0 aromatic heterocycles. The van der Waals surface area contributed by atoms with Crippen LogP contribution in [0, 0.1) is 0 Å². The van der Waals surface area contributed by atoms with Gasteiger partial charge in [-0.15, -0.1) is 0 Å². The Morgan fingerprint density at radius 2 is 1.68 bits per heavy atom. The maximum absolute atomic E-state index is 11.8. The molecule has 2 saturated heterocycles. The minimum atomic E-state index is -0.571. The van der Waals surface area contributed by atoms with E-state index < -0.39 is 6.10 Å². The molecule has 1 unspecified atom stereocenters. The van der Waals surface area contributed by atoms with Crippen molar-refractivity contribution in [2.45, 2.75) is 64.0 Å². The van der Waals surface area contributed by atoms with E-state index in [2.05, 4.69) is 43.1 Å². The predicted octanol–water partition coefficient (Wildman–Crippen LogP) is 2.85. The highest BCUT2D eigenvalue weighted by Crippen LogP contribution is 2.32. The lowest BCUT2D eigenvalue weighted by Crippen LogP contribution is -2.46. The zero-order chi connectivity index (χ0) is 18.0. The van der Waals surface area contributed by atoms with Gasteiger partial charge in [-0.3, -0.25) is 19.8 Å². The van der Waals surface area contributed by atoms with Gasteiger partial charge in [-0.1, -0.05) is 12.1 Å². The first-order chi connectivity index (χ1) is 11.8. The zero-order valence-electron chi connectivity index (χ0n) is 15.4. The molecule has 2 aliphatic heterocycles. The SMILES string of the molecule is CC(C)(C)N1CCC(c2ccc(OC3CCC(=O)NC3=O)cc2)CC1. The van der Waals surface area contributed by atoms with E-state index in [4.69, 9.17) is 4.74 Å². The molecule has 2 fully saturated rings. The number of likely N-dealkylation sites (tertiary alicyclic amines) is 1. The highest BCUT2D eigenvalue weighted by atomic mass is 16.5. The van der Waals surface area contributed by atoms with E-state index in [0.717, 1.165) is 13.1 Å². The Morgan fingerprint density at radius 3 is 2.24 bits per heavy atom. The molecule has 3 rings (SSSR count). The normalized spacial score (nSPS) is 23.4. The standard InChI is InChI=1S/C20H28N2O3/c1-20(2,3)22-12-10-15(11-13-22)14-4-6-16(7-5-14)25-17-8-9-18(23)21-19(17)24/h4-7,15,17H,8-13H2,1-3H3,(H,21,23,24). The molecule has 1 N–H and O–H groups in total. The Hall–Kier alpha value is -1.88. The molecule has 5 heteroatoms. The smallest absolute Gasteiger partial charge is 0.267 e. The zero-order valence-corrected chi connectivity index (χ0v) is 15.4. The van der Waals surface area contributed by atoms with Crippen molar-refractivity contribution in [3.8, 4) is 5.75 Å². The number of nitrogens with one attached hydrogen (secondary N) is 1. The van der Waals surface area contributed by atoms with Crippen LogP contribution in [0.15, 0.2) is 24.3 Å². The summed E-state index contributed by atoms with van der Waals surface area (Å²) < 4.78 is 5.75. The Kier molecular flexibility index (Phi) is 5.13. The lowest BCUT2D eigenvalue weighted by molar-refractivity contribution is -0.138. The Morgan fingerprint density at radius 1 is 1.04 bits per heavy atom. The summed E-state index contributed by atoms with van der Waals surface area (Å²) in [4.78, 5) is 25.5. The van der Waals surface area contributed by atoms with E-state index in [9.17, 15) is 9.59 Å². The number of piperidine rings is 2. The number of amides is 2. The third-order valence-electron chi connectivity index (χ3n) is 5.26. The van der Waals surface area contributed by atoms with Gasteiger partial charge < -0.3 is 4.74 Å². The fourth-order valence-corrected chi connectivity index (χ4v) is 3.65. The highest BCUT2D eigenvalue weighted by molar-refractivity contribution is 5.99. The molecule has 0 saturated carbocycles. The van der Waals surface area contributed by atoms with E-state index in [0.29, 0.717) is 24.5 Å². The summed E-state index contributed by atoms with van der Waals surface area (Å²) in [6.07, 6.45) is 2.55. The maximum atomic E-state index is 11.8. The van der Waals surface area contributed by atoms with Gasteiger partial charge in [0.05, 0.1) is 0 Å². The predicted molar refractivity (Wildman–Crippen MR) is 96.5 cm³/mol. The van der Waals surface area contributed by atoms with E-state index in [1.165, 1.54) is 18.4 Å². The molecule has 5 nitrogen and oxygen atoms in total. The monoisotopic (exact) mass is 344 g/mol. The number of hydrogen-bond donors (Lipinski definition) is 1. The average molecular weight is 344 g/mol. The molecule has 1 aromatic carbocycles. The van der Waals surface area contributed by atoms with Crippen LogP contribution in [-0.2, 0) is 9.59 Å². The summed E-state index contributed by atoms with van der Waals surface area (Å²) in [7, 11) is 0. The molecule has 1 atom stereocenters. The van der Waals surface area contributed by atoms with Crippen LogP contribution in [0.3, 0.4) is 0 Å². The van der Waals surface area contributed by atoms with Gasteiger partial charge in [-0.05, 0) is 70.3 Å². The molecule has 0 aliphatic carbocycles. The number of hydrogen-bond acceptors (Lipinski definition) is 4. The van der Waals surface area contributed by atoms with Crippen molar-refractivity contribution in [3.63, 3.8) is 0 Å². The van der Waals surface area contributed by atoms with Crippen molar-refractivity contribution in [3.05, 3.63) is 29.8 Å². The van der Waals surface area contributed by atoms with Crippen LogP contribution in [0.2, 0.25) is 0 Å². The van der Waals surface area contributed by atoms with Crippen LogP contribution in [0.5, 0.6) is 5.75 Å². The van der Waals surface area contributed by atoms with E-state index in [1.807, 2.05) is 12.1 Å². The summed E-state index contributed by atoms with van der Waals surface area (Å²) in [6, 6.07) is 8.10. The number of carbonyl (C=O) groups excluding carboxylic acids is 2. The highest BCUT2D eigenvalue weighted by Gasteiger charge is 2.29. The van der Waals surface area contributed by atoms with Gasteiger partial charge in [0.15, 0.2) is 6.10 Å². The van der Waals surface area contributed by atoms with Gasteiger partial charge in [-0.25, -0.2) is 0 Å². The molecule has 0 bridgehead atoms. The van der Waals surface area contributed by atoms with Crippen molar-refractivity contribution in [1.29, 1.82) is 0 Å². The number of carbonyl (C=O) groups is 2. The molecular weight excluding hydrogens is 316 g/mol. The molecule has 2 heterocycles. The van der Waals surface area contributed by atoms with Gasteiger partial charge in [0, 0.05) is 18.4 Å². The lowest BCUT2D eigenvalue weighted by atomic mass is 9.87. The van der Waals surface area contributed by atoms with Gasteiger partial charge in [0.25, 0.3) is 5.91 Å². The Labute approximate surface area is 149 Å². The third-order valence-corrected chi connectivity index (χ3v) is 5.26. The molecule has 2 aliphatic rings. The second-order valence-corrected chi connectivity index (χ2v) is 8.06. The van der Waals surface area contributed by atoms with Crippen molar-refractivity contribution in [2.24, 2.45) is 0 Å². The van der Waals surface area contributed by atoms with Crippen molar-refractivity contribution in [2.75, 3.05) is 13.1 Å². The van der Waals surface area contributed by atoms with Crippen LogP contribution in [0.25, 0.3) is 0 Å². The summed E-state index contributed by atoms with van der Waals surface area (Å²) in [5.41, 5.74) is 1.58. The van der Waals surface area contributed by atoms with Crippen LogP contribution in [-0.4, -0.2) is 41.4 Å². The van der Waals surface area contributed by atoms with E-state index in [1.54, 1.807) is 0 Å². The second kappa shape index (κ2) is 7.16. The molecular formula is C20H28N2O3. The second-order valence-electron chi connectivity index (χ2n) is 8.06. The minimum absolute atomic E-state index is 0.221. The van der Waals surface area contributed by atoms with E-state index in [-0.39, 0.29) is 17.4 Å². The number of imide groups is 1. The fraction of sp³-hybridized carbons (Fsp3) is 0.600. The van der Waals surface area contributed by atoms with Crippen molar-refractivity contribution < 1.29 is 14.3 Å². The number of nitrogens with zero attached hydrogens (tertiary/aromatic N) is 1.